The summed E-state index contributed by atoms with van der Waals surface area (Å²) in [5.74, 6) is 1.84. The maximum absolute atomic E-state index is 12.7. The standard InChI is InChI=1S/C21H25N3O3/c1-26-19-8-16(9-20(10-19)27-2)15-5-6-24(13-15)21(25)23-18-4-3-14-11-22-12-17(14)7-18/h3-4,7-10,15,22H,5-6,11-13H2,1-2H3,(H,23,25)/t15-/m0/s1. The molecule has 4 rings (SSSR count). The molecular formula is C21H25N3O3. The molecule has 2 heterocycles. The molecule has 6 heteroatoms. The third kappa shape index (κ3) is 3.71. The molecular weight excluding hydrogens is 342 g/mol. The number of rotatable bonds is 4. The second-order valence-electron chi connectivity index (χ2n) is 7.09. The fraction of sp³-hybridized carbons (Fsp3) is 0.381. The Morgan fingerprint density at radius 3 is 2.56 bits per heavy atom. The summed E-state index contributed by atoms with van der Waals surface area (Å²) in [6.45, 7) is 3.20. The number of anilines is 1. The van der Waals surface area contributed by atoms with Crippen LogP contribution in [0.3, 0.4) is 0 Å². The molecule has 0 aliphatic carbocycles. The summed E-state index contributed by atoms with van der Waals surface area (Å²) in [4.78, 5) is 14.6. The zero-order valence-electron chi connectivity index (χ0n) is 15.7. The fourth-order valence-corrected chi connectivity index (χ4v) is 3.86. The molecule has 2 N–H and O–H groups in total. The highest BCUT2D eigenvalue weighted by Gasteiger charge is 2.28. The van der Waals surface area contributed by atoms with Crippen LogP contribution in [0.2, 0.25) is 0 Å². The fourth-order valence-electron chi connectivity index (χ4n) is 3.86. The van der Waals surface area contributed by atoms with E-state index in [1.165, 1.54) is 11.1 Å². The van der Waals surface area contributed by atoms with Crippen molar-refractivity contribution in [3.8, 4) is 11.5 Å². The van der Waals surface area contributed by atoms with Gasteiger partial charge >= 0.3 is 6.03 Å². The number of hydrogen-bond donors (Lipinski definition) is 2. The molecule has 1 fully saturated rings. The Morgan fingerprint density at radius 2 is 1.81 bits per heavy atom. The number of hydrogen-bond acceptors (Lipinski definition) is 4. The monoisotopic (exact) mass is 367 g/mol. The molecule has 27 heavy (non-hydrogen) atoms. The highest BCUT2D eigenvalue weighted by molar-refractivity contribution is 5.89. The van der Waals surface area contributed by atoms with Crippen LogP contribution in [0.25, 0.3) is 0 Å². The van der Waals surface area contributed by atoms with E-state index in [0.717, 1.165) is 48.8 Å². The first-order valence-corrected chi connectivity index (χ1v) is 9.27. The van der Waals surface area contributed by atoms with Crippen LogP contribution < -0.4 is 20.1 Å². The predicted molar refractivity (Wildman–Crippen MR) is 104 cm³/mol. The first-order valence-electron chi connectivity index (χ1n) is 9.27. The van der Waals surface area contributed by atoms with E-state index in [4.69, 9.17) is 9.47 Å². The molecule has 6 nitrogen and oxygen atoms in total. The average Bonchev–Trinajstić information content (AvgIpc) is 3.36. The third-order valence-corrected chi connectivity index (χ3v) is 5.41. The van der Waals surface area contributed by atoms with E-state index >= 15 is 0 Å². The van der Waals surface area contributed by atoms with Crippen LogP contribution in [0.1, 0.15) is 29.0 Å². The molecule has 0 unspecified atom stereocenters. The minimum absolute atomic E-state index is 0.0433. The van der Waals surface area contributed by atoms with E-state index in [-0.39, 0.29) is 11.9 Å². The number of fused-ring (bicyclic) bond motifs is 1. The molecule has 2 amide bonds. The lowest BCUT2D eigenvalue weighted by molar-refractivity contribution is 0.222. The number of urea groups is 1. The second kappa shape index (κ2) is 7.48. The van der Waals surface area contributed by atoms with Crippen LogP contribution in [0.4, 0.5) is 10.5 Å². The van der Waals surface area contributed by atoms with Crippen molar-refractivity contribution in [2.45, 2.75) is 25.4 Å². The number of amides is 2. The summed E-state index contributed by atoms with van der Waals surface area (Å²) < 4.78 is 10.7. The molecule has 0 spiro atoms. The number of benzene rings is 2. The molecule has 2 aliphatic heterocycles. The zero-order chi connectivity index (χ0) is 18.8. The van der Waals surface area contributed by atoms with Crippen LogP contribution in [-0.2, 0) is 13.1 Å². The molecule has 2 aliphatic rings. The molecule has 142 valence electrons. The van der Waals surface area contributed by atoms with Crippen LogP contribution in [0.5, 0.6) is 11.5 Å². The average molecular weight is 367 g/mol. The lowest BCUT2D eigenvalue weighted by atomic mass is 9.98. The Kier molecular flexibility index (Phi) is 4.90. The highest BCUT2D eigenvalue weighted by atomic mass is 16.5. The van der Waals surface area contributed by atoms with Gasteiger partial charge in [0.2, 0.25) is 0 Å². The third-order valence-electron chi connectivity index (χ3n) is 5.41. The normalized spacial score (nSPS) is 18.3. The molecule has 1 atom stereocenters. The van der Waals surface area contributed by atoms with Crippen LogP contribution in [0.15, 0.2) is 36.4 Å². The molecule has 0 bridgehead atoms. The van der Waals surface area contributed by atoms with Crippen molar-refractivity contribution in [1.82, 2.24) is 10.2 Å². The second-order valence-corrected chi connectivity index (χ2v) is 7.09. The lowest BCUT2D eigenvalue weighted by Crippen LogP contribution is -2.32. The van der Waals surface area contributed by atoms with Gasteiger partial charge in [-0.2, -0.15) is 0 Å². The van der Waals surface area contributed by atoms with E-state index in [0.29, 0.717) is 6.54 Å². The number of likely N-dealkylation sites (tertiary alicyclic amines) is 1. The molecule has 2 aromatic carbocycles. The number of methoxy groups -OCH3 is 2. The minimum Gasteiger partial charge on any atom is -0.497 e. The summed E-state index contributed by atoms with van der Waals surface area (Å²) in [6.07, 6.45) is 0.928. The number of nitrogens with zero attached hydrogens (tertiary/aromatic N) is 1. The smallest absolute Gasteiger partial charge is 0.321 e. The predicted octanol–water partition coefficient (Wildman–Crippen LogP) is 3.33. The number of nitrogens with one attached hydrogen (secondary N) is 2. The van der Waals surface area contributed by atoms with E-state index in [1.54, 1.807) is 14.2 Å². The molecule has 0 radical (unpaired) electrons. The molecule has 0 saturated carbocycles. The first kappa shape index (κ1) is 17.7. The van der Waals surface area contributed by atoms with Gasteiger partial charge in [0.05, 0.1) is 14.2 Å². The maximum Gasteiger partial charge on any atom is 0.321 e. The first-order chi connectivity index (χ1) is 13.2. The molecule has 2 aromatic rings. The van der Waals surface area contributed by atoms with Gasteiger partial charge in [-0.15, -0.1) is 0 Å². The SMILES string of the molecule is COc1cc(OC)cc([C@H]2CCN(C(=O)Nc3ccc4c(c3)CNC4)C2)c1. The summed E-state index contributed by atoms with van der Waals surface area (Å²) >= 11 is 0. The minimum atomic E-state index is -0.0433. The van der Waals surface area contributed by atoms with E-state index in [9.17, 15) is 4.79 Å². The van der Waals surface area contributed by atoms with Gasteiger partial charge in [0.15, 0.2) is 0 Å². The van der Waals surface area contributed by atoms with Crippen molar-refractivity contribution in [3.05, 3.63) is 53.1 Å². The van der Waals surface area contributed by atoms with Crippen molar-refractivity contribution in [2.75, 3.05) is 32.6 Å². The van der Waals surface area contributed by atoms with Crippen molar-refractivity contribution >= 4 is 11.7 Å². The topological polar surface area (TPSA) is 62.8 Å². The van der Waals surface area contributed by atoms with Gasteiger partial charge in [-0.05, 0) is 47.4 Å². The Bertz CT molecular complexity index is 830. The lowest BCUT2D eigenvalue weighted by Gasteiger charge is -2.18. The molecule has 0 aromatic heterocycles. The number of carbonyl (C=O) groups excluding carboxylic acids is 1. The van der Waals surface area contributed by atoms with E-state index in [1.807, 2.05) is 29.2 Å². The van der Waals surface area contributed by atoms with Gasteiger partial charge in [0.1, 0.15) is 11.5 Å². The summed E-state index contributed by atoms with van der Waals surface area (Å²) in [6, 6.07) is 12.0. The summed E-state index contributed by atoms with van der Waals surface area (Å²) in [5, 5.41) is 6.36. The Labute approximate surface area is 159 Å². The van der Waals surface area contributed by atoms with Crippen molar-refractivity contribution in [3.63, 3.8) is 0 Å². The van der Waals surface area contributed by atoms with Gasteiger partial charge in [-0.25, -0.2) is 4.79 Å². The van der Waals surface area contributed by atoms with Crippen molar-refractivity contribution in [1.29, 1.82) is 0 Å². The summed E-state index contributed by atoms with van der Waals surface area (Å²) in [7, 11) is 3.30. The zero-order valence-corrected chi connectivity index (χ0v) is 15.7. The number of ether oxygens (including phenoxy) is 2. The Hall–Kier alpha value is -2.73. The number of carbonyl (C=O) groups is 1. The summed E-state index contributed by atoms with van der Waals surface area (Å²) in [5.41, 5.74) is 4.57. The van der Waals surface area contributed by atoms with Gasteiger partial charge in [-0.1, -0.05) is 6.07 Å². The van der Waals surface area contributed by atoms with Gasteiger partial charge in [0.25, 0.3) is 0 Å². The van der Waals surface area contributed by atoms with Gasteiger partial charge in [-0.3, -0.25) is 0 Å². The van der Waals surface area contributed by atoms with Gasteiger partial charge < -0.3 is 25.0 Å². The quantitative estimate of drug-likeness (QED) is 0.870. The van der Waals surface area contributed by atoms with Crippen molar-refractivity contribution in [2.24, 2.45) is 0 Å². The van der Waals surface area contributed by atoms with Crippen LogP contribution >= 0.6 is 0 Å². The van der Waals surface area contributed by atoms with Crippen LogP contribution in [0, 0.1) is 0 Å². The maximum atomic E-state index is 12.7. The van der Waals surface area contributed by atoms with Gasteiger partial charge in [0, 0.05) is 43.9 Å². The largest absolute Gasteiger partial charge is 0.497 e. The molecule has 1 saturated heterocycles. The Morgan fingerprint density at radius 1 is 1.07 bits per heavy atom. The van der Waals surface area contributed by atoms with Crippen LogP contribution in [-0.4, -0.2) is 38.2 Å². The Balaban J connectivity index is 1.42. The van der Waals surface area contributed by atoms with E-state index in [2.05, 4.69) is 22.8 Å². The highest BCUT2D eigenvalue weighted by Crippen LogP contribution is 2.33. The van der Waals surface area contributed by atoms with Crippen molar-refractivity contribution < 1.29 is 14.3 Å². The van der Waals surface area contributed by atoms with E-state index < -0.39 is 0 Å².